The average molecular weight is 363 g/mol. The molecule has 0 aliphatic heterocycles. The SMILES string of the molecule is CCNC(=NCCc1c(C)noc1C)NC1CC(OCC)C12CCCC2. The molecule has 2 unspecified atom stereocenters. The molecule has 0 aromatic carbocycles. The van der Waals surface area contributed by atoms with Crippen molar-refractivity contribution in [1.29, 1.82) is 0 Å². The Kier molecular flexibility index (Phi) is 6.22. The van der Waals surface area contributed by atoms with Gasteiger partial charge in [-0.1, -0.05) is 18.0 Å². The van der Waals surface area contributed by atoms with Crippen LogP contribution in [0.4, 0.5) is 0 Å². The summed E-state index contributed by atoms with van der Waals surface area (Å²) in [5.74, 6) is 1.82. The minimum absolute atomic E-state index is 0.313. The molecule has 0 radical (unpaired) electrons. The van der Waals surface area contributed by atoms with Crippen molar-refractivity contribution >= 4 is 5.96 Å². The topological polar surface area (TPSA) is 71.7 Å². The smallest absolute Gasteiger partial charge is 0.191 e. The van der Waals surface area contributed by atoms with Crippen LogP contribution in [0.25, 0.3) is 0 Å². The van der Waals surface area contributed by atoms with E-state index in [1.807, 2.05) is 13.8 Å². The predicted octanol–water partition coefficient (Wildman–Crippen LogP) is 3.13. The van der Waals surface area contributed by atoms with Crippen LogP contribution in [0.15, 0.2) is 9.52 Å². The molecule has 1 aromatic heterocycles. The van der Waals surface area contributed by atoms with Gasteiger partial charge in [0.25, 0.3) is 0 Å². The van der Waals surface area contributed by atoms with Crippen LogP contribution < -0.4 is 10.6 Å². The second kappa shape index (κ2) is 8.42. The molecule has 6 heteroatoms. The van der Waals surface area contributed by atoms with Crippen molar-refractivity contribution in [2.75, 3.05) is 19.7 Å². The zero-order chi connectivity index (χ0) is 18.6. The second-order valence-corrected chi connectivity index (χ2v) is 7.63. The molecule has 146 valence electrons. The van der Waals surface area contributed by atoms with Crippen LogP contribution >= 0.6 is 0 Å². The van der Waals surface area contributed by atoms with E-state index < -0.39 is 0 Å². The molecule has 6 nitrogen and oxygen atoms in total. The van der Waals surface area contributed by atoms with Gasteiger partial charge in [-0.05, 0) is 53.4 Å². The average Bonchev–Trinajstić information content (AvgIpc) is 3.25. The van der Waals surface area contributed by atoms with Crippen LogP contribution in [0.3, 0.4) is 0 Å². The number of rotatable bonds is 7. The Morgan fingerprint density at radius 3 is 2.69 bits per heavy atom. The molecule has 1 spiro atoms. The van der Waals surface area contributed by atoms with Crippen LogP contribution in [0.2, 0.25) is 0 Å². The van der Waals surface area contributed by atoms with Crippen molar-refractivity contribution in [2.24, 2.45) is 10.4 Å². The Labute approximate surface area is 157 Å². The highest BCUT2D eigenvalue weighted by atomic mass is 16.5. The lowest BCUT2D eigenvalue weighted by atomic mass is 9.60. The van der Waals surface area contributed by atoms with Gasteiger partial charge in [-0.3, -0.25) is 4.99 Å². The molecular weight excluding hydrogens is 328 g/mol. The highest BCUT2D eigenvalue weighted by Gasteiger charge is 2.56. The minimum Gasteiger partial charge on any atom is -0.378 e. The van der Waals surface area contributed by atoms with Crippen LogP contribution in [-0.2, 0) is 11.2 Å². The van der Waals surface area contributed by atoms with E-state index in [2.05, 4.69) is 29.6 Å². The molecule has 2 N–H and O–H groups in total. The zero-order valence-corrected chi connectivity index (χ0v) is 16.7. The lowest BCUT2D eigenvalue weighted by Gasteiger charge is -2.54. The van der Waals surface area contributed by atoms with Crippen molar-refractivity contribution < 1.29 is 9.26 Å². The van der Waals surface area contributed by atoms with E-state index in [4.69, 9.17) is 14.3 Å². The van der Waals surface area contributed by atoms with Gasteiger partial charge in [0.2, 0.25) is 0 Å². The van der Waals surface area contributed by atoms with Gasteiger partial charge in [-0.25, -0.2) is 0 Å². The predicted molar refractivity (Wildman–Crippen MR) is 104 cm³/mol. The maximum atomic E-state index is 6.03. The first-order chi connectivity index (χ1) is 12.6. The van der Waals surface area contributed by atoms with Crippen molar-refractivity contribution in [1.82, 2.24) is 15.8 Å². The third kappa shape index (κ3) is 3.75. The van der Waals surface area contributed by atoms with E-state index in [1.165, 1.54) is 31.2 Å². The van der Waals surface area contributed by atoms with Gasteiger partial charge < -0.3 is 19.9 Å². The van der Waals surface area contributed by atoms with Gasteiger partial charge in [0.1, 0.15) is 5.76 Å². The van der Waals surface area contributed by atoms with E-state index in [9.17, 15) is 0 Å². The van der Waals surface area contributed by atoms with E-state index in [0.29, 0.717) is 17.6 Å². The van der Waals surface area contributed by atoms with Crippen LogP contribution in [-0.4, -0.2) is 43.0 Å². The standard InChI is InChI=1S/C20H34N4O2/c1-5-21-19(22-12-9-16-14(3)24-26-15(16)4)23-17-13-18(25-6-2)20(17)10-7-8-11-20/h17-18H,5-13H2,1-4H3,(H2,21,22,23). The molecule has 26 heavy (non-hydrogen) atoms. The summed E-state index contributed by atoms with van der Waals surface area (Å²) in [7, 11) is 0. The maximum absolute atomic E-state index is 6.03. The molecule has 2 atom stereocenters. The lowest BCUT2D eigenvalue weighted by molar-refractivity contribution is -0.125. The van der Waals surface area contributed by atoms with Crippen molar-refractivity contribution in [3.8, 4) is 0 Å². The zero-order valence-electron chi connectivity index (χ0n) is 16.7. The summed E-state index contributed by atoms with van der Waals surface area (Å²) in [6.45, 7) is 10.6. The molecule has 0 bridgehead atoms. The third-order valence-electron chi connectivity index (χ3n) is 6.16. The largest absolute Gasteiger partial charge is 0.378 e. The molecule has 2 aliphatic carbocycles. The number of aryl methyl sites for hydroxylation is 2. The molecule has 2 saturated carbocycles. The Morgan fingerprint density at radius 1 is 1.31 bits per heavy atom. The summed E-state index contributed by atoms with van der Waals surface area (Å²) in [5.41, 5.74) is 2.46. The molecule has 0 amide bonds. The summed E-state index contributed by atoms with van der Waals surface area (Å²) in [6.07, 6.45) is 7.54. The summed E-state index contributed by atoms with van der Waals surface area (Å²) in [6, 6.07) is 0.471. The van der Waals surface area contributed by atoms with E-state index in [0.717, 1.165) is 50.0 Å². The van der Waals surface area contributed by atoms with E-state index in [1.54, 1.807) is 0 Å². The monoisotopic (exact) mass is 362 g/mol. The van der Waals surface area contributed by atoms with E-state index >= 15 is 0 Å². The maximum Gasteiger partial charge on any atom is 0.191 e. The number of hydrogen-bond acceptors (Lipinski definition) is 4. The van der Waals surface area contributed by atoms with Crippen LogP contribution in [0.1, 0.15) is 63.0 Å². The normalized spacial score (nSPS) is 24.7. The van der Waals surface area contributed by atoms with Gasteiger partial charge >= 0.3 is 0 Å². The number of hydrogen-bond donors (Lipinski definition) is 2. The fraction of sp³-hybridized carbons (Fsp3) is 0.800. The molecule has 3 rings (SSSR count). The summed E-state index contributed by atoms with van der Waals surface area (Å²) in [4.78, 5) is 4.80. The highest BCUT2D eigenvalue weighted by molar-refractivity contribution is 5.80. The Bertz CT molecular complexity index is 600. The van der Waals surface area contributed by atoms with Crippen LogP contribution in [0.5, 0.6) is 0 Å². The van der Waals surface area contributed by atoms with Crippen LogP contribution in [0, 0.1) is 19.3 Å². The summed E-state index contributed by atoms with van der Waals surface area (Å²) >= 11 is 0. The fourth-order valence-corrected chi connectivity index (χ4v) is 4.71. The quantitative estimate of drug-likeness (QED) is 0.576. The highest BCUT2D eigenvalue weighted by Crippen LogP contribution is 2.54. The number of aromatic nitrogens is 1. The molecular formula is C20H34N4O2. The van der Waals surface area contributed by atoms with Gasteiger partial charge in [0.05, 0.1) is 11.8 Å². The molecule has 2 fully saturated rings. The Balaban J connectivity index is 1.61. The van der Waals surface area contributed by atoms with Crippen molar-refractivity contribution in [2.45, 2.75) is 78.4 Å². The molecule has 1 aromatic rings. The number of nitrogens with one attached hydrogen (secondary N) is 2. The van der Waals surface area contributed by atoms with E-state index in [-0.39, 0.29) is 0 Å². The number of nitrogens with zero attached hydrogens (tertiary/aromatic N) is 2. The van der Waals surface area contributed by atoms with Crippen molar-refractivity contribution in [3.05, 3.63) is 17.0 Å². The molecule has 0 saturated heterocycles. The summed E-state index contributed by atoms with van der Waals surface area (Å²) < 4.78 is 11.3. The molecule has 1 heterocycles. The van der Waals surface area contributed by atoms with Gasteiger partial charge in [-0.15, -0.1) is 0 Å². The van der Waals surface area contributed by atoms with Gasteiger partial charge in [0.15, 0.2) is 5.96 Å². The van der Waals surface area contributed by atoms with Gasteiger partial charge in [0, 0.05) is 36.7 Å². The van der Waals surface area contributed by atoms with Gasteiger partial charge in [-0.2, -0.15) is 0 Å². The Morgan fingerprint density at radius 2 is 2.08 bits per heavy atom. The number of ether oxygens (including phenoxy) is 1. The lowest BCUT2D eigenvalue weighted by Crippen LogP contribution is -2.65. The first kappa shape index (κ1) is 19.2. The first-order valence-electron chi connectivity index (χ1n) is 10.2. The minimum atomic E-state index is 0.313. The number of aliphatic imine (C=N–C) groups is 1. The second-order valence-electron chi connectivity index (χ2n) is 7.63. The summed E-state index contributed by atoms with van der Waals surface area (Å²) in [5, 5.41) is 11.1. The van der Waals surface area contributed by atoms with Crippen molar-refractivity contribution in [3.63, 3.8) is 0 Å². The molecule has 2 aliphatic rings. The third-order valence-corrected chi connectivity index (χ3v) is 6.16. The first-order valence-corrected chi connectivity index (χ1v) is 10.2. The Hall–Kier alpha value is -1.56. The fourth-order valence-electron chi connectivity index (χ4n) is 4.71. The number of guanidine groups is 1.